The minimum absolute atomic E-state index is 0. The zero-order valence-corrected chi connectivity index (χ0v) is 30.4. The van der Waals surface area contributed by atoms with Crippen LogP contribution in [0.3, 0.4) is 0 Å². The summed E-state index contributed by atoms with van der Waals surface area (Å²) in [5, 5.41) is 6.58. The second-order valence-corrected chi connectivity index (χ2v) is 12.7. The standard InChI is InChI=1S/C23H23F2N4O9PS.2K/c24-17-9-15(29-13-16(37-22(29)30)12-27-20-3-6-36-28-20)10-18(25)21(17)14-1-2-19(26-11-14)23(38-39(31,32)33)4-7-40(34,35)8-5-23;;/h1-3,6,9-11,16H,4-5,7-8,12-13H2,(H,27,28)(H2,31,32,33);;/q;2*+1/p-2/t16-;;/m0../s1. The molecule has 2 aromatic heterocycles. The van der Waals surface area contributed by atoms with Crippen molar-refractivity contribution in [1.29, 1.82) is 0 Å². The molecular weight excluding hydrogens is 656 g/mol. The number of nitrogens with zero attached hydrogens (tertiary/aromatic N) is 3. The van der Waals surface area contributed by atoms with E-state index in [1.165, 1.54) is 18.4 Å². The van der Waals surface area contributed by atoms with Gasteiger partial charge in [-0.05, 0) is 31.0 Å². The van der Waals surface area contributed by atoms with E-state index in [4.69, 9.17) is 13.8 Å². The van der Waals surface area contributed by atoms with Crippen molar-refractivity contribution in [3.05, 3.63) is 60.1 Å². The number of ether oxygens (including phenoxy) is 1. The van der Waals surface area contributed by atoms with E-state index >= 15 is 8.78 Å². The van der Waals surface area contributed by atoms with Gasteiger partial charge in [-0.1, -0.05) is 11.2 Å². The Morgan fingerprint density at radius 2 is 1.81 bits per heavy atom. The summed E-state index contributed by atoms with van der Waals surface area (Å²) in [5.74, 6) is -2.47. The Hall–Kier alpha value is -0.157. The molecule has 0 radical (unpaired) electrons. The van der Waals surface area contributed by atoms with Gasteiger partial charge >= 0.3 is 109 Å². The molecule has 2 aliphatic heterocycles. The summed E-state index contributed by atoms with van der Waals surface area (Å²) in [7, 11) is -9.00. The third-order valence-corrected chi connectivity index (χ3v) is 8.83. The maximum atomic E-state index is 15.2. The van der Waals surface area contributed by atoms with Crippen LogP contribution in [0.1, 0.15) is 18.5 Å². The van der Waals surface area contributed by atoms with Crippen LogP contribution in [-0.2, 0) is 29.3 Å². The van der Waals surface area contributed by atoms with Gasteiger partial charge in [-0.2, -0.15) is 0 Å². The number of amides is 1. The molecule has 42 heavy (non-hydrogen) atoms. The normalized spacial score (nSPS) is 19.4. The molecule has 0 saturated carbocycles. The number of phosphoric ester groups is 1. The van der Waals surface area contributed by atoms with Gasteiger partial charge in [0.2, 0.25) is 0 Å². The molecule has 4 heterocycles. The van der Waals surface area contributed by atoms with Gasteiger partial charge in [0.1, 0.15) is 29.6 Å². The molecule has 5 rings (SSSR count). The summed E-state index contributed by atoms with van der Waals surface area (Å²) in [6.45, 7) is 0.195. The van der Waals surface area contributed by atoms with Crippen molar-refractivity contribution >= 4 is 35.3 Å². The van der Waals surface area contributed by atoms with Crippen molar-refractivity contribution in [2.24, 2.45) is 0 Å². The number of aromatic nitrogens is 2. The van der Waals surface area contributed by atoms with Crippen LogP contribution in [0.15, 0.2) is 47.3 Å². The number of carbonyl (C=O) groups is 1. The number of benzene rings is 1. The Morgan fingerprint density at radius 3 is 2.36 bits per heavy atom. The monoisotopic (exact) mass is 676 g/mol. The number of hydrogen-bond acceptors (Lipinski definition) is 12. The Balaban J connectivity index is 0.00000242. The van der Waals surface area contributed by atoms with Gasteiger partial charge in [0, 0.05) is 17.8 Å². The number of anilines is 2. The van der Waals surface area contributed by atoms with Crippen LogP contribution in [0.25, 0.3) is 11.1 Å². The van der Waals surface area contributed by atoms with Crippen LogP contribution in [0.4, 0.5) is 25.1 Å². The van der Waals surface area contributed by atoms with E-state index in [9.17, 15) is 27.6 Å². The first-order chi connectivity index (χ1) is 18.8. The van der Waals surface area contributed by atoms with Crippen molar-refractivity contribution in [3.8, 4) is 11.1 Å². The van der Waals surface area contributed by atoms with E-state index in [-0.39, 0.29) is 146 Å². The number of nitrogens with one attached hydrogen (secondary N) is 1. The molecule has 0 unspecified atom stereocenters. The van der Waals surface area contributed by atoms with Crippen molar-refractivity contribution in [2.45, 2.75) is 24.5 Å². The summed E-state index contributed by atoms with van der Waals surface area (Å²) in [6, 6.07) is 5.96. The molecule has 13 nitrogen and oxygen atoms in total. The predicted octanol–water partition coefficient (Wildman–Crippen LogP) is -4.29. The molecule has 0 bridgehead atoms. The van der Waals surface area contributed by atoms with Crippen LogP contribution < -0.4 is 123 Å². The molecule has 3 aromatic rings. The molecule has 0 spiro atoms. The fraction of sp³-hybridized carbons (Fsp3) is 0.348. The average Bonchev–Trinajstić information content (AvgIpc) is 3.53. The number of hydrogen-bond donors (Lipinski definition) is 1. The minimum atomic E-state index is -5.54. The SMILES string of the molecule is O=C1O[C@@H](CNc2ccon2)CN1c1cc(F)c(-c2ccc(C3(OP(=O)([O-])[O-])CCS(=O)(=O)CC3)nc2)c(F)c1.[K+].[K+]. The number of halogens is 2. The van der Waals surface area contributed by atoms with E-state index < -0.39 is 64.2 Å². The third kappa shape index (κ3) is 8.55. The smallest absolute Gasteiger partial charge is 0.790 e. The second-order valence-electron chi connectivity index (χ2n) is 9.28. The van der Waals surface area contributed by atoms with Gasteiger partial charge < -0.3 is 33.5 Å². The van der Waals surface area contributed by atoms with E-state index in [0.717, 1.165) is 23.2 Å². The van der Waals surface area contributed by atoms with E-state index in [1.54, 1.807) is 6.07 Å². The van der Waals surface area contributed by atoms with E-state index in [1.807, 2.05) is 0 Å². The van der Waals surface area contributed by atoms with Gasteiger partial charge in [0.05, 0.1) is 49.4 Å². The van der Waals surface area contributed by atoms with Crippen LogP contribution in [0.2, 0.25) is 0 Å². The minimum Gasteiger partial charge on any atom is -0.790 e. The van der Waals surface area contributed by atoms with Crippen LogP contribution in [0, 0.1) is 11.6 Å². The molecule has 214 valence electrons. The molecule has 2 fully saturated rings. The molecule has 1 amide bonds. The van der Waals surface area contributed by atoms with E-state index in [2.05, 4.69) is 15.5 Å². The summed E-state index contributed by atoms with van der Waals surface area (Å²) in [4.78, 5) is 40.3. The number of sulfone groups is 1. The molecule has 2 saturated heterocycles. The fourth-order valence-corrected chi connectivity index (χ4v) is 6.83. The molecule has 1 atom stereocenters. The molecule has 1 N–H and O–H groups in total. The summed E-state index contributed by atoms with van der Waals surface area (Å²) in [6.07, 6.45) is 0.314. The molecular formula is C23H21F2K2N4O9PS. The summed E-state index contributed by atoms with van der Waals surface area (Å²) in [5.41, 5.74) is -2.47. The van der Waals surface area contributed by atoms with Gasteiger partial charge in [0.15, 0.2) is 15.7 Å². The van der Waals surface area contributed by atoms with Crippen LogP contribution in [-0.4, -0.2) is 55.4 Å². The number of carbonyl (C=O) groups excluding carboxylic acids is 1. The van der Waals surface area contributed by atoms with Crippen molar-refractivity contribution in [3.63, 3.8) is 0 Å². The summed E-state index contributed by atoms with van der Waals surface area (Å²) >= 11 is 0. The van der Waals surface area contributed by atoms with Crippen molar-refractivity contribution in [1.82, 2.24) is 10.1 Å². The number of phosphoric acid groups is 1. The Labute approximate surface area is 324 Å². The van der Waals surface area contributed by atoms with Crippen molar-refractivity contribution in [2.75, 3.05) is 34.8 Å². The third-order valence-electron chi connectivity index (χ3n) is 6.60. The average molecular weight is 677 g/mol. The quantitative estimate of drug-likeness (QED) is 0.179. The van der Waals surface area contributed by atoms with Crippen LogP contribution in [0.5, 0.6) is 0 Å². The summed E-state index contributed by atoms with van der Waals surface area (Å²) < 4.78 is 80.2. The first-order valence-electron chi connectivity index (χ1n) is 11.9. The zero-order valence-electron chi connectivity index (χ0n) is 22.5. The number of rotatable bonds is 8. The van der Waals surface area contributed by atoms with Crippen molar-refractivity contribution < 1.29 is 153 Å². The largest absolute Gasteiger partial charge is 1.00 e. The zero-order chi connectivity index (χ0) is 28.7. The topological polar surface area (TPSA) is 187 Å². The van der Waals surface area contributed by atoms with Gasteiger partial charge in [-0.15, -0.1) is 0 Å². The molecule has 0 aliphatic carbocycles. The Bertz CT molecular complexity index is 1540. The second kappa shape index (κ2) is 14.5. The first-order valence-corrected chi connectivity index (χ1v) is 15.1. The van der Waals surface area contributed by atoms with Gasteiger partial charge in [-0.3, -0.25) is 9.88 Å². The maximum absolute atomic E-state index is 15.2. The fourth-order valence-electron chi connectivity index (χ4n) is 4.64. The Kier molecular flexibility index (Phi) is 12.5. The predicted molar refractivity (Wildman–Crippen MR) is 130 cm³/mol. The number of cyclic esters (lactones) is 1. The number of pyridine rings is 1. The first kappa shape index (κ1) is 36.3. The van der Waals surface area contributed by atoms with Gasteiger partial charge in [0.25, 0.3) is 0 Å². The van der Waals surface area contributed by atoms with E-state index in [0.29, 0.717) is 5.82 Å². The molecule has 2 aliphatic rings. The Morgan fingerprint density at radius 1 is 1.14 bits per heavy atom. The van der Waals surface area contributed by atoms with Gasteiger partial charge in [-0.25, -0.2) is 22.0 Å². The molecule has 1 aromatic carbocycles. The molecule has 19 heteroatoms. The van der Waals surface area contributed by atoms with Crippen LogP contribution >= 0.6 is 7.82 Å². The maximum Gasteiger partial charge on any atom is 1.00 e.